The number of carbonyl (C=O) groups excluding carboxylic acids is 2. The van der Waals surface area contributed by atoms with Crippen molar-refractivity contribution in [1.29, 1.82) is 0 Å². The molecule has 1 saturated carbocycles. The Kier molecular flexibility index (Phi) is 3.00. The van der Waals surface area contributed by atoms with E-state index in [1.54, 1.807) is 0 Å². The molecule has 3 aliphatic carbocycles. The second kappa shape index (κ2) is 4.66. The monoisotopic (exact) mass is 393 g/mol. The summed E-state index contributed by atoms with van der Waals surface area (Å²) in [5, 5.41) is 0. The van der Waals surface area contributed by atoms with Crippen LogP contribution in [0.1, 0.15) is 18.4 Å². The maximum absolute atomic E-state index is 12.8. The summed E-state index contributed by atoms with van der Waals surface area (Å²) in [6, 6.07) is 5.88. The summed E-state index contributed by atoms with van der Waals surface area (Å²) in [5.74, 6) is 0.276. The Morgan fingerprint density at radius 3 is 2.10 bits per heavy atom. The first-order valence-electron chi connectivity index (χ1n) is 7.40. The summed E-state index contributed by atoms with van der Waals surface area (Å²) in [7, 11) is 0. The fraction of sp³-hybridized carbons (Fsp3) is 0.412. The Hall–Kier alpha value is -1.17. The third-order valence-electron chi connectivity index (χ3n) is 5.16. The average Bonchev–Trinajstić information content (AvgIpc) is 2.75. The SMILES string of the molecule is Cc1cc(I)ccc1N1C(=O)[C@@H]2[C@@H](C1=O)[C@@H]1C=C[C@@H]2CC1. The number of imide groups is 1. The van der Waals surface area contributed by atoms with Crippen LogP contribution in [0, 0.1) is 34.2 Å². The van der Waals surface area contributed by atoms with Gasteiger partial charge in [0.25, 0.3) is 0 Å². The number of carbonyl (C=O) groups is 2. The van der Waals surface area contributed by atoms with Gasteiger partial charge in [0.2, 0.25) is 11.8 Å². The molecule has 2 fully saturated rings. The summed E-state index contributed by atoms with van der Waals surface area (Å²) in [5.41, 5.74) is 1.75. The zero-order chi connectivity index (χ0) is 14.7. The van der Waals surface area contributed by atoms with Crippen molar-refractivity contribution >= 4 is 40.1 Å². The van der Waals surface area contributed by atoms with Gasteiger partial charge in [0, 0.05) is 3.57 Å². The van der Waals surface area contributed by atoms with Crippen LogP contribution in [0.3, 0.4) is 0 Å². The van der Waals surface area contributed by atoms with Gasteiger partial charge in [-0.05, 0) is 78.0 Å². The Bertz CT molecular complexity index is 649. The van der Waals surface area contributed by atoms with E-state index < -0.39 is 0 Å². The second-order valence-corrected chi connectivity index (χ2v) is 7.53. The molecule has 2 bridgehead atoms. The van der Waals surface area contributed by atoms with Gasteiger partial charge in [-0.25, -0.2) is 4.90 Å². The van der Waals surface area contributed by atoms with Crippen LogP contribution in [0.25, 0.3) is 0 Å². The van der Waals surface area contributed by atoms with Crippen molar-refractivity contribution in [2.45, 2.75) is 19.8 Å². The van der Waals surface area contributed by atoms with E-state index in [1.165, 1.54) is 4.90 Å². The fourth-order valence-electron chi connectivity index (χ4n) is 4.18. The van der Waals surface area contributed by atoms with E-state index in [0.29, 0.717) is 0 Å². The van der Waals surface area contributed by atoms with E-state index in [1.807, 2.05) is 25.1 Å². The molecule has 4 aliphatic rings. The maximum Gasteiger partial charge on any atom is 0.238 e. The van der Waals surface area contributed by atoms with E-state index in [0.717, 1.165) is 27.7 Å². The quantitative estimate of drug-likeness (QED) is 0.417. The van der Waals surface area contributed by atoms with Crippen molar-refractivity contribution in [2.75, 3.05) is 4.90 Å². The summed E-state index contributed by atoms with van der Waals surface area (Å²) >= 11 is 2.25. The summed E-state index contributed by atoms with van der Waals surface area (Å²) in [6.45, 7) is 1.97. The number of amides is 2. The molecule has 1 aromatic rings. The predicted octanol–water partition coefficient (Wildman–Crippen LogP) is 3.30. The predicted molar refractivity (Wildman–Crippen MR) is 88.7 cm³/mol. The highest BCUT2D eigenvalue weighted by atomic mass is 127. The van der Waals surface area contributed by atoms with E-state index in [-0.39, 0.29) is 35.5 Å². The molecule has 1 aromatic carbocycles. The van der Waals surface area contributed by atoms with E-state index in [2.05, 4.69) is 34.7 Å². The van der Waals surface area contributed by atoms with Gasteiger partial charge < -0.3 is 0 Å². The van der Waals surface area contributed by atoms with Crippen LogP contribution in [0.5, 0.6) is 0 Å². The Morgan fingerprint density at radius 1 is 1.05 bits per heavy atom. The molecule has 0 spiro atoms. The van der Waals surface area contributed by atoms with E-state index in [4.69, 9.17) is 0 Å². The van der Waals surface area contributed by atoms with Crippen molar-refractivity contribution in [1.82, 2.24) is 0 Å². The van der Waals surface area contributed by atoms with Gasteiger partial charge in [-0.2, -0.15) is 0 Å². The lowest BCUT2D eigenvalue weighted by Crippen LogP contribution is -2.38. The molecule has 108 valence electrons. The van der Waals surface area contributed by atoms with Crippen molar-refractivity contribution in [3.05, 3.63) is 39.5 Å². The minimum Gasteiger partial charge on any atom is -0.274 e. The highest BCUT2D eigenvalue weighted by molar-refractivity contribution is 14.1. The molecule has 0 N–H and O–H groups in total. The molecular weight excluding hydrogens is 377 g/mol. The number of hydrogen-bond donors (Lipinski definition) is 0. The zero-order valence-corrected chi connectivity index (χ0v) is 13.9. The van der Waals surface area contributed by atoms with E-state index >= 15 is 0 Å². The van der Waals surface area contributed by atoms with Crippen LogP contribution in [0.4, 0.5) is 5.69 Å². The van der Waals surface area contributed by atoms with Gasteiger partial charge >= 0.3 is 0 Å². The second-order valence-electron chi connectivity index (χ2n) is 6.28. The first kappa shape index (κ1) is 13.5. The average molecular weight is 393 g/mol. The molecular formula is C17H16INO2. The first-order valence-corrected chi connectivity index (χ1v) is 8.48. The lowest BCUT2D eigenvalue weighted by atomic mass is 9.63. The van der Waals surface area contributed by atoms with Crippen molar-refractivity contribution in [3.63, 3.8) is 0 Å². The summed E-state index contributed by atoms with van der Waals surface area (Å²) in [6.07, 6.45) is 6.40. The van der Waals surface area contributed by atoms with Crippen LogP contribution < -0.4 is 4.90 Å². The number of halogens is 1. The number of nitrogens with zero attached hydrogens (tertiary/aromatic N) is 1. The third-order valence-corrected chi connectivity index (χ3v) is 5.83. The van der Waals surface area contributed by atoms with Crippen molar-refractivity contribution in [3.8, 4) is 0 Å². The van der Waals surface area contributed by atoms with Crippen LogP contribution in [0.2, 0.25) is 0 Å². The number of rotatable bonds is 1. The number of hydrogen-bond acceptors (Lipinski definition) is 2. The van der Waals surface area contributed by atoms with Gasteiger partial charge in [0.05, 0.1) is 17.5 Å². The van der Waals surface area contributed by atoms with Crippen molar-refractivity contribution in [2.24, 2.45) is 23.7 Å². The van der Waals surface area contributed by atoms with Gasteiger partial charge in [-0.3, -0.25) is 9.59 Å². The molecule has 1 aliphatic heterocycles. The molecule has 0 unspecified atom stereocenters. The highest BCUT2D eigenvalue weighted by Gasteiger charge is 2.56. The van der Waals surface area contributed by atoms with Crippen LogP contribution in [-0.4, -0.2) is 11.8 Å². The number of aryl methyl sites for hydroxylation is 1. The van der Waals surface area contributed by atoms with Gasteiger partial charge in [0.15, 0.2) is 0 Å². The smallest absolute Gasteiger partial charge is 0.238 e. The highest BCUT2D eigenvalue weighted by Crippen LogP contribution is 2.50. The number of allylic oxidation sites excluding steroid dienone is 2. The molecule has 1 heterocycles. The Labute approximate surface area is 137 Å². The number of fused-ring (bicyclic) bond motifs is 1. The molecule has 4 atom stereocenters. The molecule has 2 amide bonds. The van der Waals surface area contributed by atoms with Crippen LogP contribution in [0.15, 0.2) is 30.4 Å². The Morgan fingerprint density at radius 2 is 1.62 bits per heavy atom. The zero-order valence-electron chi connectivity index (χ0n) is 11.8. The number of benzene rings is 1. The topological polar surface area (TPSA) is 37.4 Å². The van der Waals surface area contributed by atoms with Gasteiger partial charge in [-0.15, -0.1) is 0 Å². The number of anilines is 1. The molecule has 3 nitrogen and oxygen atoms in total. The minimum absolute atomic E-state index is 0.00774. The summed E-state index contributed by atoms with van der Waals surface area (Å²) in [4.78, 5) is 27.2. The summed E-state index contributed by atoms with van der Waals surface area (Å²) < 4.78 is 1.12. The Balaban J connectivity index is 1.78. The largest absolute Gasteiger partial charge is 0.274 e. The van der Waals surface area contributed by atoms with Crippen LogP contribution >= 0.6 is 22.6 Å². The molecule has 4 heteroatoms. The lowest BCUT2D eigenvalue weighted by molar-refractivity contribution is -0.124. The maximum atomic E-state index is 12.8. The van der Waals surface area contributed by atoms with Crippen molar-refractivity contribution < 1.29 is 9.59 Å². The standard InChI is InChI=1S/C17H16INO2/c1-9-8-12(18)6-7-13(9)19-16(20)14-10-2-3-11(5-4-10)15(14)17(19)21/h2-3,6-8,10-11,14-15H,4-5H2,1H3/t10-,11-,14+,15+/m1/s1. The third kappa shape index (κ3) is 1.84. The molecule has 5 rings (SSSR count). The minimum atomic E-state index is -0.125. The first-order chi connectivity index (χ1) is 10.1. The molecule has 0 aromatic heterocycles. The molecule has 0 radical (unpaired) electrons. The lowest BCUT2D eigenvalue weighted by Gasteiger charge is -2.38. The molecule has 21 heavy (non-hydrogen) atoms. The van der Waals surface area contributed by atoms with Crippen LogP contribution in [-0.2, 0) is 9.59 Å². The van der Waals surface area contributed by atoms with Gasteiger partial charge in [-0.1, -0.05) is 12.2 Å². The fourth-order valence-corrected chi connectivity index (χ4v) is 4.83. The van der Waals surface area contributed by atoms with E-state index in [9.17, 15) is 9.59 Å². The molecule has 1 saturated heterocycles. The van der Waals surface area contributed by atoms with Gasteiger partial charge in [0.1, 0.15) is 0 Å². The normalized spacial score (nSPS) is 33.7.